The van der Waals surface area contributed by atoms with Crippen molar-refractivity contribution in [3.8, 4) is 0 Å². The summed E-state index contributed by atoms with van der Waals surface area (Å²) >= 11 is 0. The zero-order valence-electron chi connectivity index (χ0n) is 16.3. The van der Waals surface area contributed by atoms with Gasteiger partial charge >= 0.3 is 0 Å². The van der Waals surface area contributed by atoms with E-state index >= 15 is 0 Å². The molecular weight excluding hydrogens is 407 g/mol. The number of carbonyl (C=O) groups is 1. The topological polar surface area (TPSA) is 79.6 Å². The predicted molar refractivity (Wildman–Crippen MR) is 111 cm³/mol. The minimum atomic E-state index is -3.68. The molecule has 3 rings (SSSR count). The molecule has 1 N–H and O–H groups in total. The molecule has 0 bridgehead atoms. The number of sulfonamides is 1. The molecule has 0 fully saturated rings. The number of nitrogens with zero attached hydrogens (tertiary/aromatic N) is 1. The maximum absolute atomic E-state index is 13.7. The molecular formula is C22H21FN2O4S. The molecule has 0 spiro atoms. The Morgan fingerprint density at radius 2 is 1.83 bits per heavy atom. The maximum Gasteiger partial charge on any atom is 0.246 e. The fourth-order valence-corrected chi connectivity index (χ4v) is 3.67. The van der Waals surface area contributed by atoms with Crippen LogP contribution in [0.4, 0.5) is 4.39 Å². The van der Waals surface area contributed by atoms with E-state index in [1.54, 1.807) is 55.6 Å². The van der Waals surface area contributed by atoms with Gasteiger partial charge in [0.25, 0.3) is 0 Å². The highest BCUT2D eigenvalue weighted by molar-refractivity contribution is 7.89. The molecule has 0 aliphatic rings. The zero-order chi connectivity index (χ0) is 21.6. The largest absolute Gasteiger partial charge is 0.468 e. The van der Waals surface area contributed by atoms with Crippen molar-refractivity contribution in [1.82, 2.24) is 9.62 Å². The van der Waals surface area contributed by atoms with Crippen molar-refractivity contribution < 1.29 is 22.0 Å². The van der Waals surface area contributed by atoms with E-state index in [9.17, 15) is 17.6 Å². The van der Waals surface area contributed by atoms with Crippen molar-refractivity contribution >= 4 is 22.0 Å². The van der Waals surface area contributed by atoms with Crippen LogP contribution in [0.1, 0.15) is 16.9 Å². The van der Waals surface area contributed by atoms with E-state index in [1.165, 1.54) is 35.4 Å². The first-order valence-corrected chi connectivity index (χ1v) is 10.6. The maximum atomic E-state index is 13.7. The normalized spacial score (nSPS) is 11.7. The Morgan fingerprint density at radius 3 is 2.50 bits per heavy atom. The van der Waals surface area contributed by atoms with Gasteiger partial charge in [0, 0.05) is 25.2 Å². The summed E-state index contributed by atoms with van der Waals surface area (Å²) < 4.78 is 46.0. The lowest BCUT2D eigenvalue weighted by Gasteiger charge is -2.15. The highest BCUT2D eigenvalue weighted by Crippen LogP contribution is 2.13. The highest BCUT2D eigenvalue weighted by Gasteiger charge is 2.14. The molecule has 1 heterocycles. The SMILES string of the molecule is CN(Cc1ccccc1F)C(=O)C=Cc1ccc(S(=O)(=O)NCc2ccco2)cc1. The number of carbonyl (C=O) groups excluding carboxylic acids is 1. The van der Waals surface area contributed by atoms with Crippen LogP contribution in [0.25, 0.3) is 6.08 Å². The molecule has 2 aromatic carbocycles. The van der Waals surface area contributed by atoms with Gasteiger partial charge in [-0.2, -0.15) is 0 Å². The third kappa shape index (κ3) is 5.65. The highest BCUT2D eigenvalue weighted by atomic mass is 32.2. The quantitative estimate of drug-likeness (QED) is 0.557. The smallest absolute Gasteiger partial charge is 0.246 e. The monoisotopic (exact) mass is 428 g/mol. The lowest BCUT2D eigenvalue weighted by Crippen LogP contribution is -2.24. The number of rotatable bonds is 8. The average Bonchev–Trinajstić information content (AvgIpc) is 3.26. The van der Waals surface area contributed by atoms with Crippen LogP contribution in [-0.4, -0.2) is 26.3 Å². The standard InChI is InChI=1S/C22H21FN2O4S/c1-25(16-18-5-2-3-7-21(18)23)22(26)13-10-17-8-11-20(12-9-17)30(27,28)24-15-19-6-4-14-29-19/h2-14,24H,15-16H2,1H3. The summed E-state index contributed by atoms with van der Waals surface area (Å²) in [6, 6.07) is 15.8. The molecule has 0 unspecified atom stereocenters. The molecule has 0 saturated carbocycles. The van der Waals surface area contributed by atoms with E-state index in [1.807, 2.05) is 0 Å². The first kappa shape index (κ1) is 21.5. The average molecular weight is 428 g/mol. The van der Waals surface area contributed by atoms with Crippen molar-refractivity contribution in [2.24, 2.45) is 0 Å². The fourth-order valence-electron chi connectivity index (χ4n) is 2.68. The first-order valence-electron chi connectivity index (χ1n) is 9.14. The molecule has 8 heteroatoms. The van der Waals surface area contributed by atoms with Crippen LogP contribution in [-0.2, 0) is 27.9 Å². The number of furan rings is 1. The second kappa shape index (κ2) is 9.51. The number of hydrogen-bond acceptors (Lipinski definition) is 4. The van der Waals surface area contributed by atoms with Gasteiger partial charge in [-0.15, -0.1) is 0 Å². The zero-order valence-corrected chi connectivity index (χ0v) is 17.1. The van der Waals surface area contributed by atoms with Crippen molar-refractivity contribution in [1.29, 1.82) is 0 Å². The lowest BCUT2D eigenvalue weighted by molar-refractivity contribution is -0.125. The van der Waals surface area contributed by atoms with Gasteiger partial charge in [-0.1, -0.05) is 30.3 Å². The Balaban J connectivity index is 1.59. The second-order valence-electron chi connectivity index (χ2n) is 6.59. The number of halogens is 1. The molecule has 0 aliphatic carbocycles. The van der Waals surface area contributed by atoms with Crippen LogP contribution >= 0.6 is 0 Å². The third-order valence-corrected chi connectivity index (χ3v) is 5.78. The molecule has 0 radical (unpaired) electrons. The predicted octanol–water partition coefficient (Wildman–Crippen LogP) is 3.57. The fraction of sp³-hybridized carbons (Fsp3) is 0.136. The minimum absolute atomic E-state index is 0.0554. The van der Waals surface area contributed by atoms with Crippen LogP contribution in [0.5, 0.6) is 0 Å². The summed E-state index contributed by atoms with van der Waals surface area (Å²) in [5.41, 5.74) is 1.09. The van der Waals surface area contributed by atoms with E-state index in [0.29, 0.717) is 16.9 Å². The van der Waals surface area contributed by atoms with E-state index in [-0.39, 0.29) is 29.7 Å². The van der Waals surface area contributed by atoms with Crippen LogP contribution in [0.15, 0.2) is 82.3 Å². The van der Waals surface area contributed by atoms with Crippen molar-refractivity contribution in [3.63, 3.8) is 0 Å². The third-order valence-electron chi connectivity index (χ3n) is 4.37. The van der Waals surface area contributed by atoms with Gasteiger partial charge in [-0.3, -0.25) is 4.79 Å². The summed E-state index contributed by atoms with van der Waals surface area (Å²) in [6.45, 7) is 0.203. The Kier molecular flexibility index (Phi) is 6.81. The van der Waals surface area contributed by atoms with Gasteiger partial charge in [-0.05, 0) is 42.0 Å². The summed E-state index contributed by atoms with van der Waals surface area (Å²) in [4.78, 5) is 13.8. The van der Waals surface area contributed by atoms with E-state index in [4.69, 9.17) is 4.42 Å². The Hall–Kier alpha value is -3.23. The van der Waals surface area contributed by atoms with Crippen LogP contribution in [0.2, 0.25) is 0 Å². The molecule has 1 aromatic heterocycles. The van der Waals surface area contributed by atoms with Gasteiger partial charge < -0.3 is 9.32 Å². The van der Waals surface area contributed by atoms with Crippen LogP contribution in [0.3, 0.4) is 0 Å². The van der Waals surface area contributed by atoms with Gasteiger partial charge in [0.15, 0.2) is 0 Å². The lowest BCUT2D eigenvalue weighted by atomic mass is 10.2. The summed E-state index contributed by atoms with van der Waals surface area (Å²) in [5, 5.41) is 0. The molecule has 1 amide bonds. The number of likely N-dealkylation sites (N-methyl/N-ethyl adjacent to an activating group) is 1. The van der Waals surface area contributed by atoms with Crippen molar-refractivity contribution in [2.75, 3.05) is 7.05 Å². The number of amides is 1. The molecule has 30 heavy (non-hydrogen) atoms. The molecule has 0 atom stereocenters. The number of nitrogens with one attached hydrogen (secondary N) is 1. The van der Waals surface area contributed by atoms with Crippen molar-refractivity contribution in [2.45, 2.75) is 18.0 Å². The Labute approximate surface area is 174 Å². The summed E-state index contributed by atoms with van der Waals surface area (Å²) in [5.74, 6) is -0.148. The Morgan fingerprint density at radius 1 is 1.10 bits per heavy atom. The van der Waals surface area contributed by atoms with Crippen LogP contribution in [0, 0.1) is 5.82 Å². The molecule has 6 nitrogen and oxygen atoms in total. The van der Waals surface area contributed by atoms with E-state index in [0.717, 1.165) is 0 Å². The van der Waals surface area contributed by atoms with Crippen molar-refractivity contribution in [3.05, 3.63) is 95.7 Å². The van der Waals surface area contributed by atoms with E-state index in [2.05, 4.69) is 4.72 Å². The molecule has 3 aromatic rings. The van der Waals surface area contributed by atoms with Gasteiger partial charge in [0.2, 0.25) is 15.9 Å². The molecule has 0 aliphatic heterocycles. The van der Waals surface area contributed by atoms with Crippen LogP contribution < -0.4 is 4.72 Å². The van der Waals surface area contributed by atoms with Gasteiger partial charge in [0.05, 0.1) is 17.7 Å². The molecule has 156 valence electrons. The summed E-state index contributed by atoms with van der Waals surface area (Å²) in [7, 11) is -2.10. The molecule has 0 saturated heterocycles. The number of benzene rings is 2. The number of hydrogen-bond donors (Lipinski definition) is 1. The van der Waals surface area contributed by atoms with E-state index < -0.39 is 10.0 Å². The van der Waals surface area contributed by atoms with Gasteiger partial charge in [-0.25, -0.2) is 17.5 Å². The first-order chi connectivity index (χ1) is 14.3. The second-order valence-corrected chi connectivity index (χ2v) is 8.36. The van der Waals surface area contributed by atoms with Gasteiger partial charge in [0.1, 0.15) is 11.6 Å². The minimum Gasteiger partial charge on any atom is -0.468 e. The summed E-state index contributed by atoms with van der Waals surface area (Å²) in [6.07, 6.45) is 4.41. The Bertz CT molecular complexity index is 1120.